The molecule has 1 aromatic heterocycles. The minimum Gasteiger partial charge on any atom is -0.391 e. The molecule has 1 aliphatic heterocycles. The average molecular weight is 240 g/mol. The second-order valence-corrected chi connectivity index (χ2v) is 5.52. The van der Waals surface area contributed by atoms with E-state index in [1.165, 1.54) is 12.8 Å². The van der Waals surface area contributed by atoms with E-state index in [1.54, 1.807) is 11.3 Å². The second kappa shape index (κ2) is 5.15. The Hall–Kier alpha value is -0.610. The molecule has 1 unspecified atom stereocenters. The van der Waals surface area contributed by atoms with Crippen molar-refractivity contribution in [2.24, 2.45) is 0 Å². The van der Waals surface area contributed by atoms with Crippen LogP contribution in [0.5, 0.6) is 0 Å². The quantitative estimate of drug-likeness (QED) is 0.878. The van der Waals surface area contributed by atoms with Crippen molar-refractivity contribution in [2.75, 3.05) is 11.4 Å². The van der Waals surface area contributed by atoms with E-state index in [1.807, 2.05) is 0 Å². The highest BCUT2D eigenvalue weighted by Crippen LogP contribution is 2.32. The molecular formula is C12H20N2OS. The van der Waals surface area contributed by atoms with Crippen LogP contribution < -0.4 is 4.90 Å². The predicted molar refractivity (Wildman–Crippen MR) is 68.1 cm³/mol. The van der Waals surface area contributed by atoms with Gasteiger partial charge < -0.3 is 10.0 Å². The van der Waals surface area contributed by atoms with E-state index in [2.05, 4.69) is 23.7 Å². The monoisotopic (exact) mass is 240 g/mol. The van der Waals surface area contributed by atoms with Crippen LogP contribution in [-0.4, -0.2) is 22.7 Å². The van der Waals surface area contributed by atoms with Gasteiger partial charge in [0, 0.05) is 12.6 Å². The fraction of sp³-hybridized carbons (Fsp3) is 0.750. The molecule has 0 amide bonds. The molecule has 0 bridgehead atoms. The Morgan fingerprint density at radius 1 is 1.56 bits per heavy atom. The Labute approximate surface area is 101 Å². The van der Waals surface area contributed by atoms with Gasteiger partial charge in [-0.15, -0.1) is 0 Å². The lowest BCUT2D eigenvalue weighted by Gasteiger charge is -2.19. The minimum atomic E-state index is 0.134. The van der Waals surface area contributed by atoms with Gasteiger partial charge >= 0.3 is 0 Å². The molecule has 1 atom stereocenters. The zero-order valence-electron chi connectivity index (χ0n) is 10.1. The maximum atomic E-state index is 9.32. The normalized spacial score (nSPS) is 20.7. The standard InChI is InChI=1S/C12H20N2OS/c1-3-5-10-11(8-15)16-12(13-10)14-7-4-6-9(14)2/h9,15H,3-8H2,1-2H3. The Kier molecular flexibility index (Phi) is 3.82. The molecule has 0 saturated carbocycles. The number of hydrogen-bond donors (Lipinski definition) is 1. The first kappa shape index (κ1) is 11.9. The Balaban J connectivity index is 2.21. The van der Waals surface area contributed by atoms with E-state index in [-0.39, 0.29) is 6.61 Å². The Morgan fingerprint density at radius 2 is 2.38 bits per heavy atom. The summed E-state index contributed by atoms with van der Waals surface area (Å²) in [4.78, 5) is 8.12. The lowest BCUT2D eigenvalue weighted by atomic mass is 10.2. The van der Waals surface area contributed by atoms with Gasteiger partial charge in [-0.1, -0.05) is 24.7 Å². The number of anilines is 1. The highest BCUT2D eigenvalue weighted by Gasteiger charge is 2.24. The van der Waals surface area contributed by atoms with Crippen LogP contribution in [0, 0.1) is 0 Å². The smallest absolute Gasteiger partial charge is 0.186 e. The third kappa shape index (κ3) is 2.23. The van der Waals surface area contributed by atoms with Crippen molar-refractivity contribution in [3.05, 3.63) is 10.6 Å². The molecule has 1 aliphatic rings. The molecule has 90 valence electrons. The van der Waals surface area contributed by atoms with Crippen molar-refractivity contribution >= 4 is 16.5 Å². The van der Waals surface area contributed by atoms with Crippen molar-refractivity contribution in [1.29, 1.82) is 0 Å². The van der Waals surface area contributed by atoms with E-state index in [0.717, 1.165) is 35.1 Å². The van der Waals surface area contributed by atoms with Crippen LogP contribution >= 0.6 is 11.3 Å². The zero-order chi connectivity index (χ0) is 11.5. The summed E-state index contributed by atoms with van der Waals surface area (Å²) in [6.07, 6.45) is 4.59. The summed E-state index contributed by atoms with van der Waals surface area (Å²) in [5, 5.41) is 10.4. The highest BCUT2D eigenvalue weighted by molar-refractivity contribution is 7.15. The maximum absolute atomic E-state index is 9.32. The van der Waals surface area contributed by atoms with Gasteiger partial charge in [0.25, 0.3) is 0 Å². The summed E-state index contributed by atoms with van der Waals surface area (Å²) in [5.74, 6) is 0. The van der Waals surface area contributed by atoms with Gasteiger partial charge in [0.05, 0.1) is 17.2 Å². The summed E-state index contributed by atoms with van der Waals surface area (Å²) in [5.41, 5.74) is 1.10. The van der Waals surface area contributed by atoms with E-state index >= 15 is 0 Å². The van der Waals surface area contributed by atoms with Gasteiger partial charge in [0.1, 0.15) is 0 Å². The molecule has 1 N–H and O–H groups in total. The lowest BCUT2D eigenvalue weighted by Crippen LogP contribution is -2.25. The third-order valence-corrected chi connectivity index (χ3v) is 4.32. The molecule has 3 nitrogen and oxygen atoms in total. The SMILES string of the molecule is CCCc1nc(N2CCCC2C)sc1CO. The van der Waals surface area contributed by atoms with Crippen LogP contribution in [0.4, 0.5) is 5.13 Å². The number of aryl methyl sites for hydroxylation is 1. The largest absolute Gasteiger partial charge is 0.391 e. The molecule has 2 heterocycles. The lowest BCUT2D eigenvalue weighted by molar-refractivity contribution is 0.284. The first-order chi connectivity index (χ1) is 7.76. The van der Waals surface area contributed by atoms with Crippen LogP contribution in [0.25, 0.3) is 0 Å². The van der Waals surface area contributed by atoms with Gasteiger partial charge in [0.2, 0.25) is 0 Å². The molecular weight excluding hydrogens is 220 g/mol. The molecule has 0 aromatic carbocycles. The van der Waals surface area contributed by atoms with Gasteiger partial charge in [-0.2, -0.15) is 0 Å². The van der Waals surface area contributed by atoms with Crippen LogP contribution in [0.1, 0.15) is 43.7 Å². The topological polar surface area (TPSA) is 36.4 Å². The zero-order valence-corrected chi connectivity index (χ0v) is 10.9. The summed E-state index contributed by atoms with van der Waals surface area (Å²) >= 11 is 1.67. The average Bonchev–Trinajstić information content (AvgIpc) is 2.85. The minimum absolute atomic E-state index is 0.134. The Bertz CT molecular complexity index is 351. The molecule has 16 heavy (non-hydrogen) atoms. The molecule has 0 aliphatic carbocycles. The van der Waals surface area contributed by atoms with Crippen LogP contribution in [-0.2, 0) is 13.0 Å². The molecule has 1 fully saturated rings. The van der Waals surface area contributed by atoms with Crippen molar-refractivity contribution in [3.8, 4) is 0 Å². The molecule has 4 heteroatoms. The summed E-state index contributed by atoms with van der Waals surface area (Å²) in [6, 6.07) is 0.604. The van der Waals surface area contributed by atoms with Gasteiger partial charge in [0.15, 0.2) is 5.13 Å². The number of aromatic nitrogens is 1. The maximum Gasteiger partial charge on any atom is 0.186 e. The predicted octanol–water partition coefficient (Wildman–Crippen LogP) is 2.58. The van der Waals surface area contributed by atoms with E-state index in [4.69, 9.17) is 0 Å². The fourth-order valence-corrected chi connectivity index (χ4v) is 3.36. The number of hydrogen-bond acceptors (Lipinski definition) is 4. The molecule has 1 saturated heterocycles. The summed E-state index contributed by atoms with van der Waals surface area (Å²) in [6.45, 7) is 5.66. The number of nitrogens with zero attached hydrogens (tertiary/aromatic N) is 2. The van der Waals surface area contributed by atoms with E-state index in [0.29, 0.717) is 6.04 Å². The molecule has 0 spiro atoms. The summed E-state index contributed by atoms with van der Waals surface area (Å²) < 4.78 is 0. The highest BCUT2D eigenvalue weighted by atomic mass is 32.1. The number of thiazole rings is 1. The molecule has 0 radical (unpaired) electrons. The molecule has 2 rings (SSSR count). The third-order valence-electron chi connectivity index (χ3n) is 3.20. The number of aliphatic hydroxyl groups is 1. The number of rotatable bonds is 4. The van der Waals surface area contributed by atoms with E-state index in [9.17, 15) is 5.11 Å². The Morgan fingerprint density at radius 3 is 2.94 bits per heavy atom. The van der Waals surface area contributed by atoms with Crippen LogP contribution in [0.15, 0.2) is 0 Å². The van der Waals surface area contributed by atoms with Crippen LogP contribution in [0.3, 0.4) is 0 Å². The first-order valence-electron chi connectivity index (χ1n) is 6.12. The first-order valence-corrected chi connectivity index (χ1v) is 6.94. The van der Waals surface area contributed by atoms with Gasteiger partial charge in [-0.3, -0.25) is 0 Å². The van der Waals surface area contributed by atoms with Crippen molar-refractivity contribution < 1.29 is 5.11 Å². The van der Waals surface area contributed by atoms with Crippen molar-refractivity contribution in [1.82, 2.24) is 4.98 Å². The number of aliphatic hydroxyl groups excluding tert-OH is 1. The van der Waals surface area contributed by atoms with Gasteiger partial charge in [-0.05, 0) is 26.2 Å². The molecule has 1 aromatic rings. The summed E-state index contributed by atoms with van der Waals surface area (Å²) in [7, 11) is 0. The van der Waals surface area contributed by atoms with Crippen LogP contribution in [0.2, 0.25) is 0 Å². The van der Waals surface area contributed by atoms with Crippen molar-refractivity contribution in [2.45, 2.75) is 52.2 Å². The van der Waals surface area contributed by atoms with Crippen molar-refractivity contribution in [3.63, 3.8) is 0 Å². The fourth-order valence-electron chi connectivity index (χ4n) is 2.27. The van der Waals surface area contributed by atoms with Gasteiger partial charge in [-0.25, -0.2) is 4.98 Å². The van der Waals surface area contributed by atoms with E-state index < -0.39 is 0 Å². The second-order valence-electron chi connectivity index (χ2n) is 4.46.